The number of halogens is 2. The lowest BCUT2D eigenvalue weighted by Crippen LogP contribution is -2.30. The first-order valence-corrected chi connectivity index (χ1v) is 8.12. The Balaban J connectivity index is 2.08. The second-order valence-electron chi connectivity index (χ2n) is 4.80. The molecule has 3 N–H and O–H groups in total. The van der Waals surface area contributed by atoms with Crippen molar-refractivity contribution in [3.8, 4) is 0 Å². The number of hydrogen-bond acceptors (Lipinski definition) is 3. The number of anilines is 2. The van der Waals surface area contributed by atoms with Crippen molar-refractivity contribution < 1.29 is 4.39 Å². The van der Waals surface area contributed by atoms with Crippen molar-refractivity contribution in [3.05, 3.63) is 22.4 Å². The van der Waals surface area contributed by atoms with E-state index in [9.17, 15) is 4.39 Å². The first-order valence-electron chi connectivity index (χ1n) is 6.10. The van der Waals surface area contributed by atoms with E-state index in [1.54, 1.807) is 6.07 Å². The SMILES string of the molecule is CSC1(CNc2cc(Br)c(F)cc2N)CCCC1. The van der Waals surface area contributed by atoms with Crippen molar-refractivity contribution in [1.29, 1.82) is 0 Å². The Hall–Kier alpha value is -0.420. The van der Waals surface area contributed by atoms with Gasteiger partial charge < -0.3 is 11.1 Å². The molecular formula is C13H18BrFN2S. The molecule has 5 heteroatoms. The summed E-state index contributed by atoms with van der Waals surface area (Å²) in [6.45, 7) is 0.885. The van der Waals surface area contributed by atoms with Gasteiger partial charge in [0.1, 0.15) is 5.82 Å². The van der Waals surface area contributed by atoms with Crippen molar-refractivity contribution in [3.63, 3.8) is 0 Å². The molecule has 18 heavy (non-hydrogen) atoms. The van der Waals surface area contributed by atoms with Crippen LogP contribution in [0.4, 0.5) is 15.8 Å². The number of benzene rings is 1. The summed E-state index contributed by atoms with van der Waals surface area (Å²) in [5, 5.41) is 3.37. The third-order valence-electron chi connectivity index (χ3n) is 3.64. The summed E-state index contributed by atoms with van der Waals surface area (Å²) < 4.78 is 14.0. The molecule has 0 bridgehead atoms. The third-order valence-corrected chi connectivity index (χ3v) is 5.67. The molecule has 0 aliphatic heterocycles. The largest absolute Gasteiger partial charge is 0.397 e. The van der Waals surface area contributed by atoms with Crippen LogP contribution in [0.5, 0.6) is 0 Å². The molecule has 0 spiro atoms. The second kappa shape index (κ2) is 5.70. The molecule has 100 valence electrons. The van der Waals surface area contributed by atoms with Gasteiger partial charge in [0.05, 0.1) is 15.8 Å². The summed E-state index contributed by atoms with van der Waals surface area (Å²) in [5.41, 5.74) is 7.10. The van der Waals surface area contributed by atoms with Crippen LogP contribution in [0, 0.1) is 5.82 Å². The van der Waals surface area contributed by atoms with Crippen LogP contribution in [0.2, 0.25) is 0 Å². The Labute approximate surface area is 120 Å². The van der Waals surface area contributed by atoms with Crippen molar-refractivity contribution in [2.75, 3.05) is 23.9 Å². The Morgan fingerprint density at radius 3 is 2.72 bits per heavy atom. The van der Waals surface area contributed by atoms with E-state index in [1.807, 2.05) is 11.8 Å². The molecule has 0 radical (unpaired) electrons. The molecular weight excluding hydrogens is 315 g/mol. The summed E-state index contributed by atoms with van der Waals surface area (Å²) in [6.07, 6.45) is 7.24. The van der Waals surface area contributed by atoms with Crippen LogP contribution in [-0.4, -0.2) is 17.5 Å². The van der Waals surface area contributed by atoms with Crippen LogP contribution < -0.4 is 11.1 Å². The first-order chi connectivity index (χ1) is 8.56. The van der Waals surface area contributed by atoms with E-state index in [-0.39, 0.29) is 5.82 Å². The predicted octanol–water partition coefficient (Wildman–Crippen LogP) is 4.26. The van der Waals surface area contributed by atoms with Crippen LogP contribution in [0.25, 0.3) is 0 Å². The lowest BCUT2D eigenvalue weighted by atomic mass is 10.1. The zero-order chi connectivity index (χ0) is 13.2. The zero-order valence-electron chi connectivity index (χ0n) is 10.4. The predicted molar refractivity (Wildman–Crippen MR) is 81.7 cm³/mol. The minimum absolute atomic E-state index is 0.313. The summed E-state index contributed by atoms with van der Waals surface area (Å²) >= 11 is 5.11. The number of nitrogens with one attached hydrogen (secondary N) is 1. The van der Waals surface area contributed by atoms with Gasteiger partial charge >= 0.3 is 0 Å². The Morgan fingerprint density at radius 2 is 2.11 bits per heavy atom. The zero-order valence-corrected chi connectivity index (χ0v) is 12.8. The number of nitrogen functional groups attached to an aromatic ring is 1. The van der Waals surface area contributed by atoms with E-state index < -0.39 is 0 Å². The van der Waals surface area contributed by atoms with Gasteiger partial charge in [0.2, 0.25) is 0 Å². The molecule has 0 amide bonds. The second-order valence-corrected chi connectivity index (χ2v) is 6.93. The molecule has 0 aromatic heterocycles. The Kier molecular flexibility index (Phi) is 4.43. The van der Waals surface area contributed by atoms with Crippen LogP contribution >= 0.6 is 27.7 Å². The Morgan fingerprint density at radius 1 is 1.44 bits per heavy atom. The van der Waals surface area contributed by atoms with Crippen molar-refractivity contribution in [2.45, 2.75) is 30.4 Å². The van der Waals surface area contributed by atoms with Crippen LogP contribution in [0.15, 0.2) is 16.6 Å². The maximum absolute atomic E-state index is 13.3. The minimum atomic E-state index is -0.321. The number of rotatable bonds is 4. The molecule has 1 aliphatic carbocycles. The van der Waals surface area contributed by atoms with E-state index >= 15 is 0 Å². The number of hydrogen-bond donors (Lipinski definition) is 2. The summed E-state index contributed by atoms with van der Waals surface area (Å²) in [7, 11) is 0. The van der Waals surface area contributed by atoms with Gasteiger partial charge in [-0.15, -0.1) is 0 Å². The molecule has 1 fully saturated rings. The average Bonchev–Trinajstić information content (AvgIpc) is 2.82. The molecule has 0 saturated heterocycles. The minimum Gasteiger partial charge on any atom is -0.397 e. The molecule has 2 rings (SSSR count). The van der Waals surface area contributed by atoms with Gasteiger partial charge in [-0.2, -0.15) is 11.8 Å². The highest BCUT2D eigenvalue weighted by atomic mass is 79.9. The molecule has 1 aromatic rings. The van der Waals surface area contributed by atoms with Gasteiger partial charge in [-0.3, -0.25) is 0 Å². The first kappa shape index (κ1) is 14.0. The molecule has 0 atom stereocenters. The lowest BCUT2D eigenvalue weighted by Gasteiger charge is -2.27. The highest BCUT2D eigenvalue weighted by Gasteiger charge is 2.32. The maximum atomic E-state index is 13.3. The van der Waals surface area contributed by atoms with Gasteiger partial charge in [-0.1, -0.05) is 12.8 Å². The molecule has 0 heterocycles. The lowest BCUT2D eigenvalue weighted by molar-refractivity contribution is 0.621. The molecule has 2 nitrogen and oxygen atoms in total. The number of nitrogens with two attached hydrogens (primary N) is 1. The highest BCUT2D eigenvalue weighted by molar-refractivity contribution is 9.10. The third kappa shape index (κ3) is 2.94. The van der Waals surface area contributed by atoms with Gasteiger partial charge in [-0.05, 0) is 41.1 Å². The van der Waals surface area contributed by atoms with Gasteiger partial charge in [0.15, 0.2) is 0 Å². The van der Waals surface area contributed by atoms with Crippen LogP contribution in [-0.2, 0) is 0 Å². The molecule has 1 aliphatic rings. The monoisotopic (exact) mass is 332 g/mol. The van der Waals surface area contributed by atoms with Gasteiger partial charge in [0, 0.05) is 17.4 Å². The fraction of sp³-hybridized carbons (Fsp3) is 0.538. The standard InChI is InChI=1S/C13H18BrFN2S/c1-18-13(4-2-3-5-13)8-17-12-6-9(14)10(15)7-11(12)16/h6-7,17H,2-5,8,16H2,1H3. The van der Waals surface area contributed by atoms with E-state index in [1.165, 1.54) is 31.7 Å². The van der Waals surface area contributed by atoms with E-state index in [4.69, 9.17) is 5.73 Å². The van der Waals surface area contributed by atoms with Crippen molar-refractivity contribution in [1.82, 2.24) is 0 Å². The smallest absolute Gasteiger partial charge is 0.139 e. The summed E-state index contributed by atoms with van der Waals surface area (Å²) in [5.74, 6) is -0.321. The maximum Gasteiger partial charge on any atom is 0.139 e. The fourth-order valence-electron chi connectivity index (χ4n) is 2.44. The molecule has 1 aromatic carbocycles. The van der Waals surface area contributed by atoms with Crippen molar-refractivity contribution >= 4 is 39.1 Å². The average molecular weight is 333 g/mol. The summed E-state index contributed by atoms with van der Waals surface area (Å²) in [4.78, 5) is 0. The fourth-order valence-corrected chi connectivity index (χ4v) is 3.70. The van der Waals surface area contributed by atoms with Gasteiger partial charge in [-0.25, -0.2) is 4.39 Å². The molecule has 0 unspecified atom stereocenters. The summed E-state index contributed by atoms with van der Waals surface area (Å²) in [6, 6.07) is 3.07. The normalized spacial score (nSPS) is 17.9. The van der Waals surface area contributed by atoms with Crippen LogP contribution in [0.3, 0.4) is 0 Å². The van der Waals surface area contributed by atoms with E-state index in [0.717, 1.165) is 12.2 Å². The van der Waals surface area contributed by atoms with Crippen molar-refractivity contribution in [2.24, 2.45) is 0 Å². The highest BCUT2D eigenvalue weighted by Crippen LogP contribution is 2.40. The molecule has 1 saturated carbocycles. The van der Waals surface area contributed by atoms with E-state index in [0.29, 0.717) is 14.9 Å². The van der Waals surface area contributed by atoms with Gasteiger partial charge in [0.25, 0.3) is 0 Å². The Bertz CT molecular complexity index is 433. The number of thioether (sulfide) groups is 1. The topological polar surface area (TPSA) is 38.0 Å². The van der Waals surface area contributed by atoms with Crippen LogP contribution in [0.1, 0.15) is 25.7 Å². The quantitative estimate of drug-likeness (QED) is 0.809. The van der Waals surface area contributed by atoms with E-state index in [2.05, 4.69) is 27.5 Å².